The van der Waals surface area contributed by atoms with Crippen molar-refractivity contribution < 1.29 is 9.32 Å². The Morgan fingerprint density at radius 2 is 2.35 bits per heavy atom. The van der Waals surface area contributed by atoms with Gasteiger partial charge in [-0.1, -0.05) is 0 Å². The molecular formula is C9H14BrN3O3S. The average Bonchev–Trinajstić information content (AvgIpc) is 2.28. The van der Waals surface area contributed by atoms with Crippen molar-refractivity contribution in [3.63, 3.8) is 0 Å². The fraction of sp³-hybridized carbons (Fsp3) is 0.556. The van der Waals surface area contributed by atoms with Crippen molar-refractivity contribution in [1.29, 1.82) is 0 Å². The first-order chi connectivity index (χ1) is 8.06. The summed E-state index contributed by atoms with van der Waals surface area (Å²) in [6.07, 6.45) is 3.12. The third-order valence-corrected chi connectivity index (χ3v) is 3.55. The van der Waals surface area contributed by atoms with E-state index in [1.54, 1.807) is 6.26 Å². The molecule has 96 valence electrons. The monoisotopic (exact) mass is 323 g/mol. The SMILES string of the molecule is CS(=O)CCNc1cnn(CCO)c(=O)c1Br. The van der Waals surface area contributed by atoms with Crippen LogP contribution >= 0.6 is 15.9 Å². The minimum absolute atomic E-state index is 0.138. The van der Waals surface area contributed by atoms with Crippen LogP contribution in [0.25, 0.3) is 0 Å². The summed E-state index contributed by atoms with van der Waals surface area (Å²) in [5.74, 6) is 0.506. The molecule has 0 spiro atoms. The van der Waals surface area contributed by atoms with Crippen LogP contribution in [0, 0.1) is 0 Å². The largest absolute Gasteiger partial charge is 0.394 e. The van der Waals surface area contributed by atoms with E-state index in [4.69, 9.17) is 5.11 Å². The predicted molar refractivity (Wildman–Crippen MR) is 70.7 cm³/mol. The van der Waals surface area contributed by atoms with Crippen molar-refractivity contribution in [2.24, 2.45) is 0 Å². The maximum atomic E-state index is 11.7. The van der Waals surface area contributed by atoms with Crippen molar-refractivity contribution >= 4 is 32.4 Å². The van der Waals surface area contributed by atoms with Gasteiger partial charge < -0.3 is 10.4 Å². The molecule has 17 heavy (non-hydrogen) atoms. The summed E-state index contributed by atoms with van der Waals surface area (Å²) in [6.45, 7) is 0.532. The zero-order chi connectivity index (χ0) is 12.8. The molecule has 0 amide bonds. The molecule has 1 atom stereocenters. The van der Waals surface area contributed by atoms with Crippen LogP contribution in [0.1, 0.15) is 0 Å². The number of nitrogens with one attached hydrogen (secondary N) is 1. The van der Waals surface area contributed by atoms with Crippen molar-refractivity contribution in [2.45, 2.75) is 6.54 Å². The van der Waals surface area contributed by atoms with Crippen molar-refractivity contribution in [3.05, 3.63) is 21.0 Å². The second-order valence-corrected chi connectivity index (χ2v) is 5.68. The highest BCUT2D eigenvalue weighted by Crippen LogP contribution is 2.15. The summed E-state index contributed by atoms with van der Waals surface area (Å²) in [5, 5.41) is 15.6. The number of nitrogens with zero attached hydrogens (tertiary/aromatic N) is 2. The Morgan fingerprint density at radius 3 is 2.94 bits per heavy atom. The molecule has 1 unspecified atom stereocenters. The molecule has 1 aromatic heterocycles. The molecule has 8 heteroatoms. The maximum absolute atomic E-state index is 11.7. The smallest absolute Gasteiger partial charge is 0.283 e. The summed E-state index contributed by atoms with van der Waals surface area (Å²) in [5.41, 5.74) is 0.260. The molecule has 0 aromatic carbocycles. The van der Waals surface area contributed by atoms with Crippen molar-refractivity contribution in [3.8, 4) is 0 Å². The fourth-order valence-electron chi connectivity index (χ4n) is 1.17. The maximum Gasteiger partial charge on any atom is 0.283 e. The normalized spacial score (nSPS) is 12.4. The lowest BCUT2D eigenvalue weighted by Crippen LogP contribution is -2.26. The Morgan fingerprint density at radius 1 is 1.65 bits per heavy atom. The molecule has 0 radical (unpaired) electrons. The van der Waals surface area contributed by atoms with Crippen LogP contribution in [0.3, 0.4) is 0 Å². The number of rotatable bonds is 6. The van der Waals surface area contributed by atoms with Gasteiger partial charge in [0.05, 0.1) is 25.0 Å². The molecule has 1 rings (SSSR count). The summed E-state index contributed by atoms with van der Waals surface area (Å²) >= 11 is 3.17. The van der Waals surface area contributed by atoms with Crippen LogP contribution in [0.5, 0.6) is 0 Å². The van der Waals surface area contributed by atoms with E-state index in [9.17, 15) is 9.00 Å². The Kier molecular flexibility index (Phi) is 5.79. The molecule has 2 N–H and O–H groups in total. The zero-order valence-corrected chi connectivity index (χ0v) is 11.8. The fourth-order valence-corrected chi connectivity index (χ4v) is 2.01. The van der Waals surface area contributed by atoms with Crippen LogP contribution in [-0.2, 0) is 17.3 Å². The predicted octanol–water partition coefficient (Wildman–Crippen LogP) is -0.212. The quantitative estimate of drug-likeness (QED) is 0.756. The summed E-state index contributed by atoms with van der Waals surface area (Å²) in [7, 11) is -0.873. The van der Waals surface area contributed by atoms with Gasteiger partial charge in [0.2, 0.25) is 0 Å². The van der Waals surface area contributed by atoms with Crippen molar-refractivity contribution in [2.75, 3.05) is 30.5 Å². The van der Waals surface area contributed by atoms with E-state index in [1.165, 1.54) is 10.9 Å². The average molecular weight is 324 g/mol. The van der Waals surface area contributed by atoms with Crippen LogP contribution in [-0.4, -0.2) is 44.3 Å². The Bertz CT molecular complexity index is 463. The lowest BCUT2D eigenvalue weighted by atomic mass is 10.4. The highest BCUT2D eigenvalue weighted by atomic mass is 79.9. The third kappa shape index (κ3) is 4.21. The van der Waals surface area contributed by atoms with Gasteiger partial charge >= 0.3 is 0 Å². The highest BCUT2D eigenvalue weighted by Gasteiger charge is 2.07. The molecule has 0 fully saturated rings. The molecular weight excluding hydrogens is 310 g/mol. The molecule has 1 heterocycles. The summed E-state index contributed by atoms with van der Waals surface area (Å²) < 4.78 is 12.4. The van der Waals surface area contributed by atoms with Gasteiger partial charge in [0.15, 0.2) is 0 Å². The molecule has 0 bridgehead atoms. The van der Waals surface area contributed by atoms with E-state index in [0.29, 0.717) is 22.5 Å². The first-order valence-corrected chi connectivity index (χ1v) is 7.48. The Hall–Kier alpha value is -0.730. The zero-order valence-electron chi connectivity index (χ0n) is 9.35. The Labute approximate surface area is 110 Å². The van der Waals surface area contributed by atoms with Gasteiger partial charge in [-0.3, -0.25) is 9.00 Å². The standard InChI is InChI=1S/C9H14BrN3O3S/c1-17(16)5-2-11-7-6-12-13(3-4-14)9(15)8(7)10/h6,11,14H,2-5H2,1H3. The van der Waals surface area contributed by atoms with E-state index < -0.39 is 10.8 Å². The summed E-state index contributed by atoms with van der Waals surface area (Å²) in [6, 6.07) is 0. The highest BCUT2D eigenvalue weighted by molar-refractivity contribution is 9.10. The minimum Gasteiger partial charge on any atom is -0.394 e. The van der Waals surface area contributed by atoms with Crippen LogP contribution in [0.2, 0.25) is 0 Å². The van der Waals surface area contributed by atoms with Gasteiger partial charge in [-0.15, -0.1) is 0 Å². The third-order valence-electron chi connectivity index (χ3n) is 2.00. The number of hydrogen-bond acceptors (Lipinski definition) is 5. The first kappa shape index (κ1) is 14.3. The van der Waals surface area contributed by atoms with E-state index in [2.05, 4.69) is 26.3 Å². The molecule has 0 saturated heterocycles. The van der Waals surface area contributed by atoms with E-state index in [0.717, 1.165) is 0 Å². The van der Waals surface area contributed by atoms with Crippen LogP contribution < -0.4 is 10.9 Å². The van der Waals surface area contributed by atoms with E-state index in [1.807, 2.05) is 0 Å². The van der Waals surface area contributed by atoms with Crippen LogP contribution in [0.4, 0.5) is 5.69 Å². The number of aliphatic hydroxyl groups excluding tert-OH is 1. The molecule has 0 aliphatic carbocycles. The topological polar surface area (TPSA) is 84.2 Å². The number of aliphatic hydroxyl groups is 1. The van der Waals surface area contributed by atoms with E-state index >= 15 is 0 Å². The number of aromatic nitrogens is 2. The molecule has 6 nitrogen and oxygen atoms in total. The lowest BCUT2D eigenvalue weighted by molar-refractivity contribution is 0.266. The molecule has 0 aliphatic heterocycles. The van der Waals surface area contributed by atoms with Crippen molar-refractivity contribution in [1.82, 2.24) is 9.78 Å². The van der Waals surface area contributed by atoms with Gasteiger partial charge in [0.25, 0.3) is 5.56 Å². The van der Waals surface area contributed by atoms with Gasteiger partial charge in [0, 0.05) is 29.4 Å². The summed E-state index contributed by atoms with van der Waals surface area (Å²) in [4.78, 5) is 11.7. The number of halogens is 1. The minimum atomic E-state index is -0.873. The van der Waals surface area contributed by atoms with Crippen LogP contribution in [0.15, 0.2) is 15.5 Å². The second-order valence-electron chi connectivity index (χ2n) is 3.33. The lowest BCUT2D eigenvalue weighted by Gasteiger charge is -2.09. The molecule has 1 aromatic rings. The van der Waals surface area contributed by atoms with Gasteiger partial charge in [-0.2, -0.15) is 5.10 Å². The molecule has 0 saturated carbocycles. The Balaban J connectivity index is 2.78. The van der Waals surface area contributed by atoms with Gasteiger partial charge in [-0.25, -0.2) is 4.68 Å². The first-order valence-electron chi connectivity index (χ1n) is 4.96. The van der Waals surface area contributed by atoms with E-state index in [-0.39, 0.29) is 18.7 Å². The number of hydrogen-bond donors (Lipinski definition) is 2. The van der Waals surface area contributed by atoms with Gasteiger partial charge in [0.1, 0.15) is 4.47 Å². The van der Waals surface area contributed by atoms with Gasteiger partial charge in [-0.05, 0) is 15.9 Å². The molecule has 0 aliphatic rings. The second kappa shape index (κ2) is 6.87. The number of anilines is 1.